The van der Waals surface area contributed by atoms with Gasteiger partial charge in [0.1, 0.15) is 5.52 Å². The number of hydrogen-bond donors (Lipinski definition) is 1. The minimum Gasteiger partial charge on any atom is -0.379 e. The molecule has 6 heteroatoms. The Bertz CT molecular complexity index is 722. The molecule has 0 unspecified atom stereocenters. The van der Waals surface area contributed by atoms with Crippen molar-refractivity contribution >= 4 is 32.7 Å². The summed E-state index contributed by atoms with van der Waals surface area (Å²) in [5.41, 5.74) is 3.84. The number of hydrogen-bond acceptors (Lipinski definition) is 4. The van der Waals surface area contributed by atoms with Gasteiger partial charge >= 0.3 is 0 Å². The molecule has 3 heterocycles. The van der Waals surface area contributed by atoms with E-state index in [-0.39, 0.29) is 0 Å². The molecule has 19 heavy (non-hydrogen) atoms. The van der Waals surface area contributed by atoms with E-state index in [0.717, 1.165) is 26.8 Å². The summed E-state index contributed by atoms with van der Waals surface area (Å²) in [5.74, 6) is 0. The summed E-state index contributed by atoms with van der Waals surface area (Å²) in [4.78, 5) is 8.72. The lowest BCUT2D eigenvalue weighted by Crippen LogP contribution is -2.00. The quantitative estimate of drug-likeness (QED) is 0.807. The number of anilines is 1. The molecule has 0 radical (unpaired) electrons. The Kier molecular flexibility index (Phi) is 3.16. The molecule has 0 atom stereocenters. The molecule has 0 saturated carbocycles. The molecule has 0 aliphatic carbocycles. The maximum atomic E-state index is 4.41. The van der Waals surface area contributed by atoms with Crippen LogP contribution in [0.4, 0.5) is 5.69 Å². The van der Waals surface area contributed by atoms with Crippen LogP contribution in [0.1, 0.15) is 5.56 Å². The Balaban J connectivity index is 1.88. The van der Waals surface area contributed by atoms with Crippen molar-refractivity contribution in [3.8, 4) is 0 Å². The summed E-state index contributed by atoms with van der Waals surface area (Å²) in [5, 5.41) is 7.51. The number of rotatable bonds is 3. The smallest absolute Gasteiger partial charge is 0.112 e. The molecule has 0 spiro atoms. The Morgan fingerprint density at radius 2 is 2.21 bits per heavy atom. The highest BCUT2D eigenvalue weighted by Crippen LogP contribution is 2.22. The first kappa shape index (κ1) is 12.1. The van der Waals surface area contributed by atoms with Crippen LogP contribution in [0.15, 0.2) is 41.4 Å². The summed E-state index contributed by atoms with van der Waals surface area (Å²) in [6.45, 7) is 0.713. The first-order valence-electron chi connectivity index (χ1n) is 5.84. The molecule has 5 nitrogen and oxygen atoms in total. The highest BCUT2D eigenvalue weighted by Gasteiger charge is 2.04. The number of aromatic nitrogens is 4. The van der Waals surface area contributed by atoms with Gasteiger partial charge in [-0.15, -0.1) is 0 Å². The zero-order valence-electron chi connectivity index (χ0n) is 10.3. The number of nitrogens with one attached hydrogen (secondary N) is 1. The summed E-state index contributed by atoms with van der Waals surface area (Å²) in [6.07, 6.45) is 7.39. The third kappa shape index (κ3) is 2.58. The third-order valence-corrected chi connectivity index (χ3v) is 3.22. The van der Waals surface area contributed by atoms with Gasteiger partial charge < -0.3 is 5.32 Å². The van der Waals surface area contributed by atoms with E-state index in [9.17, 15) is 0 Å². The second kappa shape index (κ2) is 4.97. The average molecular weight is 318 g/mol. The SMILES string of the molecule is Cn1cc(CNc2ccnc3cc(Br)cnc23)cn1. The summed E-state index contributed by atoms with van der Waals surface area (Å²) < 4.78 is 2.72. The topological polar surface area (TPSA) is 55.6 Å². The molecule has 0 aromatic carbocycles. The minimum absolute atomic E-state index is 0.713. The highest BCUT2D eigenvalue weighted by atomic mass is 79.9. The third-order valence-electron chi connectivity index (χ3n) is 2.79. The maximum Gasteiger partial charge on any atom is 0.112 e. The fourth-order valence-corrected chi connectivity index (χ4v) is 2.23. The van der Waals surface area contributed by atoms with Crippen LogP contribution in [-0.4, -0.2) is 19.7 Å². The fraction of sp³-hybridized carbons (Fsp3) is 0.154. The Labute approximate surface area is 118 Å². The second-order valence-electron chi connectivity index (χ2n) is 4.26. The monoisotopic (exact) mass is 317 g/mol. The molecule has 3 aromatic rings. The normalized spacial score (nSPS) is 10.8. The molecular weight excluding hydrogens is 306 g/mol. The number of nitrogens with zero attached hydrogens (tertiary/aromatic N) is 4. The molecule has 0 bridgehead atoms. The second-order valence-corrected chi connectivity index (χ2v) is 5.17. The van der Waals surface area contributed by atoms with Gasteiger partial charge in [-0.1, -0.05) is 0 Å². The van der Waals surface area contributed by atoms with Gasteiger partial charge in [0.05, 0.1) is 17.4 Å². The minimum atomic E-state index is 0.713. The molecule has 1 N–H and O–H groups in total. The summed E-state index contributed by atoms with van der Waals surface area (Å²) >= 11 is 3.40. The largest absolute Gasteiger partial charge is 0.379 e. The van der Waals surface area contributed by atoms with Crippen molar-refractivity contribution in [2.24, 2.45) is 7.05 Å². The van der Waals surface area contributed by atoms with Crippen molar-refractivity contribution in [2.75, 3.05) is 5.32 Å². The number of aryl methyl sites for hydroxylation is 1. The first-order valence-corrected chi connectivity index (χ1v) is 6.63. The highest BCUT2D eigenvalue weighted by molar-refractivity contribution is 9.10. The number of halogens is 1. The van der Waals surface area contributed by atoms with Crippen LogP contribution in [0.5, 0.6) is 0 Å². The Hall–Kier alpha value is -1.95. The molecule has 3 aromatic heterocycles. The van der Waals surface area contributed by atoms with Crippen molar-refractivity contribution < 1.29 is 0 Å². The van der Waals surface area contributed by atoms with Gasteiger partial charge in [0.15, 0.2) is 0 Å². The van der Waals surface area contributed by atoms with Crippen LogP contribution in [0.25, 0.3) is 11.0 Å². The predicted molar refractivity (Wildman–Crippen MR) is 77.8 cm³/mol. The van der Waals surface area contributed by atoms with Gasteiger partial charge in [-0.2, -0.15) is 5.10 Å². The van der Waals surface area contributed by atoms with Crippen LogP contribution in [0, 0.1) is 0 Å². The van der Waals surface area contributed by atoms with Crippen molar-refractivity contribution in [3.63, 3.8) is 0 Å². The lowest BCUT2D eigenvalue weighted by Gasteiger charge is -2.07. The molecule has 0 fully saturated rings. The van der Waals surface area contributed by atoms with E-state index in [1.807, 2.05) is 31.6 Å². The van der Waals surface area contributed by atoms with E-state index in [1.54, 1.807) is 17.1 Å². The maximum absolute atomic E-state index is 4.41. The van der Waals surface area contributed by atoms with Crippen LogP contribution in [-0.2, 0) is 13.6 Å². The van der Waals surface area contributed by atoms with E-state index in [0.29, 0.717) is 6.54 Å². The molecule has 0 amide bonds. The van der Waals surface area contributed by atoms with Crippen molar-refractivity contribution in [2.45, 2.75) is 6.54 Å². The lowest BCUT2D eigenvalue weighted by molar-refractivity contribution is 0.767. The van der Waals surface area contributed by atoms with Crippen LogP contribution < -0.4 is 5.32 Å². The first-order chi connectivity index (χ1) is 9.22. The van der Waals surface area contributed by atoms with Crippen LogP contribution >= 0.6 is 15.9 Å². The van der Waals surface area contributed by atoms with Crippen molar-refractivity contribution in [1.82, 2.24) is 19.7 Å². The predicted octanol–water partition coefficient (Wildman–Crippen LogP) is 2.74. The Morgan fingerprint density at radius 1 is 1.32 bits per heavy atom. The van der Waals surface area contributed by atoms with Gasteiger partial charge in [0.25, 0.3) is 0 Å². The Morgan fingerprint density at radius 3 is 3.00 bits per heavy atom. The van der Waals surface area contributed by atoms with E-state index < -0.39 is 0 Å². The van der Waals surface area contributed by atoms with Gasteiger partial charge in [0, 0.05) is 42.2 Å². The lowest BCUT2D eigenvalue weighted by atomic mass is 10.2. The van der Waals surface area contributed by atoms with E-state index in [4.69, 9.17) is 0 Å². The van der Waals surface area contributed by atoms with E-state index in [2.05, 4.69) is 36.3 Å². The number of fused-ring (bicyclic) bond motifs is 1. The zero-order valence-corrected chi connectivity index (χ0v) is 11.9. The molecule has 0 saturated heterocycles. The zero-order chi connectivity index (χ0) is 13.2. The van der Waals surface area contributed by atoms with Crippen LogP contribution in [0.2, 0.25) is 0 Å². The van der Waals surface area contributed by atoms with Gasteiger partial charge in [0.2, 0.25) is 0 Å². The average Bonchev–Trinajstić information content (AvgIpc) is 2.81. The van der Waals surface area contributed by atoms with Crippen molar-refractivity contribution in [1.29, 1.82) is 0 Å². The van der Waals surface area contributed by atoms with Gasteiger partial charge in [-0.25, -0.2) is 0 Å². The summed E-state index contributed by atoms with van der Waals surface area (Å²) in [6, 6.07) is 3.89. The van der Waals surface area contributed by atoms with E-state index in [1.165, 1.54) is 0 Å². The molecule has 0 aliphatic rings. The van der Waals surface area contributed by atoms with Gasteiger partial charge in [-0.3, -0.25) is 14.6 Å². The van der Waals surface area contributed by atoms with E-state index >= 15 is 0 Å². The van der Waals surface area contributed by atoms with Gasteiger partial charge in [-0.05, 0) is 28.1 Å². The van der Waals surface area contributed by atoms with Crippen molar-refractivity contribution in [3.05, 3.63) is 47.0 Å². The molecular formula is C13H12BrN5. The summed E-state index contributed by atoms with van der Waals surface area (Å²) in [7, 11) is 1.91. The van der Waals surface area contributed by atoms with Crippen LogP contribution in [0.3, 0.4) is 0 Å². The molecule has 3 rings (SSSR count). The standard InChI is InChI=1S/C13H12BrN5/c1-19-8-9(6-18-19)5-16-11-2-3-15-12-4-10(14)7-17-13(11)12/h2-4,6-8H,5H2,1H3,(H,15,16). The molecule has 0 aliphatic heterocycles. The fourth-order valence-electron chi connectivity index (χ4n) is 1.91. The molecule has 96 valence electrons. The number of pyridine rings is 2.